The Labute approximate surface area is 214 Å². The number of hydrogen-bond donors (Lipinski definition) is 1. The van der Waals surface area contributed by atoms with Gasteiger partial charge in [-0.3, -0.25) is 0 Å². The number of rotatable bonds is 6. The molecule has 9 heteroatoms. The van der Waals surface area contributed by atoms with E-state index in [1.54, 1.807) is 11.0 Å². The molecule has 5 nitrogen and oxygen atoms in total. The van der Waals surface area contributed by atoms with Crippen LogP contribution in [-0.2, 0) is 11.6 Å². The number of carbonyl (C=O) groups is 1. The van der Waals surface area contributed by atoms with Crippen molar-refractivity contribution < 1.29 is 22.4 Å². The zero-order chi connectivity index (χ0) is 26.2. The lowest BCUT2D eigenvalue weighted by Crippen LogP contribution is -2.48. The number of benzene rings is 2. The van der Waals surface area contributed by atoms with Gasteiger partial charge in [0.1, 0.15) is 5.82 Å². The zero-order valence-electron chi connectivity index (χ0n) is 20.5. The zero-order valence-corrected chi connectivity index (χ0v) is 20.5. The van der Waals surface area contributed by atoms with Gasteiger partial charge in [-0.2, -0.15) is 18.4 Å². The number of hydrogen-bond acceptors (Lipinski definition) is 3. The molecule has 1 heterocycles. The molecule has 0 aromatic heterocycles. The van der Waals surface area contributed by atoms with Crippen LogP contribution in [0, 0.1) is 23.1 Å². The van der Waals surface area contributed by atoms with Crippen LogP contribution in [0.1, 0.15) is 55.2 Å². The van der Waals surface area contributed by atoms with Gasteiger partial charge in [0, 0.05) is 24.8 Å². The second kappa shape index (κ2) is 9.97. The number of fused-ring (bicyclic) bond motifs is 1. The number of anilines is 1. The van der Waals surface area contributed by atoms with E-state index in [4.69, 9.17) is 0 Å². The molecule has 196 valence electrons. The quantitative estimate of drug-likeness (QED) is 0.470. The van der Waals surface area contributed by atoms with Gasteiger partial charge in [0.05, 0.1) is 17.2 Å². The van der Waals surface area contributed by atoms with E-state index in [1.807, 2.05) is 12.1 Å². The summed E-state index contributed by atoms with van der Waals surface area (Å²) in [5.41, 5.74) is 0.389. The average molecular weight is 515 g/mol. The van der Waals surface area contributed by atoms with Crippen LogP contribution in [0.15, 0.2) is 42.5 Å². The molecule has 2 amide bonds. The molecule has 3 atom stereocenters. The van der Waals surface area contributed by atoms with Crippen LogP contribution in [-0.4, -0.2) is 48.1 Å². The third-order valence-corrected chi connectivity index (χ3v) is 8.36. The summed E-state index contributed by atoms with van der Waals surface area (Å²) < 4.78 is 53.3. The molecule has 1 unspecified atom stereocenters. The Hall–Kier alpha value is -3.12. The molecular formula is C28H30F4N4O. The van der Waals surface area contributed by atoms with Crippen molar-refractivity contribution in [2.45, 2.75) is 56.2 Å². The molecule has 0 spiro atoms. The normalized spacial score (nSPS) is 25.3. The Morgan fingerprint density at radius 3 is 2.68 bits per heavy atom. The fourth-order valence-corrected chi connectivity index (χ4v) is 6.27. The second-order valence-corrected chi connectivity index (χ2v) is 10.5. The van der Waals surface area contributed by atoms with Crippen molar-refractivity contribution in [3.8, 4) is 6.07 Å². The van der Waals surface area contributed by atoms with Crippen LogP contribution < -0.4 is 5.32 Å². The maximum Gasteiger partial charge on any atom is 0.419 e. The minimum Gasteiger partial charge on any atom is -0.320 e. The predicted octanol–water partition coefficient (Wildman–Crippen LogP) is 6.16. The topological polar surface area (TPSA) is 59.4 Å². The molecule has 1 N–H and O–H groups in total. The van der Waals surface area contributed by atoms with Crippen LogP contribution >= 0.6 is 0 Å². The van der Waals surface area contributed by atoms with Crippen molar-refractivity contribution >= 4 is 11.7 Å². The van der Waals surface area contributed by atoms with Crippen molar-refractivity contribution in [1.29, 1.82) is 5.26 Å². The Bertz CT molecular complexity index is 1200. The van der Waals surface area contributed by atoms with Gasteiger partial charge in [-0.1, -0.05) is 12.1 Å². The summed E-state index contributed by atoms with van der Waals surface area (Å²) in [4.78, 5) is 17.5. The van der Waals surface area contributed by atoms with Crippen LogP contribution in [0.5, 0.6) is 0 Å². The molecule has 2 aromatic rings. The summed E-state index contributed by atoms with van der Waals surface area (Å²) in [5, 5.41) is 11.9. The Kier molecular flexibility index (Phi) is 6.88. The number of nitrogens with one attached hydrogen (secondary N) is 1. The lowest BCUT2D eigenvalue weighted by molar-refractivity contribution is -0.139. The molecule has 2 aromatic carbocycles. The number of amides is 2. The van der Waals surface area contributed by atoms with Crippen LogP contribution in [0.4, 0.5) is 28.0 Å². The van der Waals surface area contributed by atoms with Gasteiger partial charge in [0.25, 0.3) is 0 Å². The van der Waals surface area contributed by atoms with Crippen molar-refractivity contribution in [3.05, 3.63) is 65.0 Å². The van der Waals surface area contributed by atoms with Gasteiger partial charge in [-0.05, 0) is 98.8 Å². The van der Waals surface area contributed by atoms with Crippen molar-refractivity contribution in [1.82, 2.24) is 9.80 Å². The first kappa shape index (κ1) is 25.5. The highest BCUT2D eigenvalue weighted by molar-refractivity contribution is 5.89. The molecule has 37 heavy (non-hydrogen) atoms. The minimum atomic E-state index is -4.85. The minimum absolute atomic E-state index is 0.0371. The van der Waals surface area contributed by atoms with E-state index in [0.29, 0.717) is 30.6 Å². The first-order chi connectivity index (χ1) is 17.7. The summed E-state index contributed by atoms with van der Waals surface area (Å²) >= 11 is 0. The first-order valence-corrected chi connectivity index (χ1v) is 12.9. The number of halogens is 4. The van der Waals surface area contributed by atoms with Gasteiger partial charge in [-0.25, -0.2) is 9.18 Å². The van der Waals surface area contributed by atoms with Gasteiger partial charge in [0.15, 0.2) is 0 Å². The second-order valence-electron chi connectivity index (χ2n) is 10.5. The smallest absolute Gasteiger partial charge is 0.320 e. The molecule has 5 rings (SSSR count). The number of likely N-dealkylation sites (tertiary alicyclic amines) is 1. The van der Waals surface area contributed by atoms with Crippen LogP contribution in [0.25, 0.3) is 0 Å². The van der Waals surface area contributed by atoms with Crippen molar-refractivity contribution in [3.63, 3.8) is 0 Å². The fourth-order valence-electron chi connectivity index (χ4n) is 6.27. The number of nitriles is 1. The molecule has 1 saturated heterocycles. The number of carbonyl (C=O) groups excluding carboxylic acids is 1. The lowest BCUT2D eigenvalue weighted by Gasteiger charge is -2.37. The maximum atomic E-state index is 13.8. The lowest BCUT2D eigenvalue weighted by atomic mass is 9.80. The fraction of sp³-hybridized carbons (Fsp3) is 0.500. The van der Waals surface area contributed by atoms with Crippen molar-refractivity contribution in [2.24, 2.45) is 5.92 Å². The number of alkyl halides is 3. The Morgan fingerprint density at radius 1 is 1.19 bits per heavy atom. The summed E-state index contributed by atoms with van der Waals surface area (Å²) in [6.45, 7) is 3.15. The molecule has 0 bridgehead atoms. The summed E-state index contributed by atoms with van der Waals surface area (Å²) in [7, 11) is 0. The van der Waals surface area contributed by atoms with Crippen LogP contribution in [0.3, 0.4) is 0 Å². The molecule has 2 aliphatic carbocycles. The predicted molar refractivity (Wildman–Crippen MR) is 131 cm³/mol. The number of nitrogens with zero attached hydrogens (tertiary/aromatic N) is 3. The first-order valence-electron chi connectivity index (χ1n) is 12.9. The molecule has 3 fully saturated rings. The van der Waals surface area contributed by atoms with E-state index in [0.717, 1.165) is 63.7 Å². The van der Waals surface area contributed by atoms with Gasteiger partial charge in [-0.15, -0.1) is 0 Å². The van der Waals surface area contributed by atoms with Gasteiger partial charge >= 0.3 is 12.2 Å². The van der Waals surface area contributed by atoms with Gasteiger partial charge < -0.3 is 15.1 Å². The van der Waals surface area contributed by atoms with E-state index in [9.17, 15) is 27.6 Å². The molecule has 0 radical (unpaired) electrons. The average Bonchev–Trinajstić information content (AvgIpc) is 3.39. The molecule has 2 saturated carbocycles. The third kappa shape index (κ3) is 5.30. The summed E-state index contributed by atoms with van der Waals surface area (Å²) in [5.74, 6) is -0.973. The van der Waals surface area contributed by atoms with E-state index < -0.39 is 23.6 Å². The summed E-state index contributed by atoms with van der Waals surface area (Å²) in [6.07, 6.45) is 0.878. The highest BCUT2D eigenvalue weighted by atomic mass is 19.4. The Balaban J connectivity index is 1.31. The Morgan fingerprint density at radius 2 is 1.97 bits per heavy atom. The van der Waals surface area contributed by atoms with Crippen molar-refractivity contribution in [2.75, 3.05) is 31.5 Å². The monoisotopic (exact) mass is 514 g/mol. The van der Waals surface area contributed by atoms with E-state index in [2.05, 4.69) is 22.4 Å². The number of urea groups is 1. The van der Waals surface area contributed by atoms with E-state index in [1.165, 1.54) is 5.56 Å². The third-order valence-electron chi connectivity index (χ3n) is 8.36. The highest BCUT2D eigenvalue weighted by Gasteiger charge is 2.58. The van der Waals surface area contributed by atoms with E-state index in [-0.39, 0.29) is 17.1 Å². The SMILES string of the molecule is N#Cc1cccc([C@]23CC[C@@H](N(CCN4CCCC4)C(=O)Nc4ccc(F)c(C(F)(F)F)c4)CC2C3)c1. The maximum absolute atomic E-state index is 13.8. The van der Waals surface area contributed by atoms with E-state index >= 15 is 0 Å². The molecule has 1 aliphatic heterocycles. The largest absolute Gasteiger partial charge is 0.419 e. The van der Waals surface area contributed by atoms with Crippen LogP contribution in [0.2, 0.25) is 0 Å². The molecular weight excluding hydrogens is 484 g/mol. The standard InChI is InChI=1S/C28H30F4N4O/c29-25-7-6-22(16-24(25)28(30,31)32)34-26(37)36(13-12-35-10-1-2-11-35)23-8-9-27(17-21(27)15-23)20-5-3-4-19(14-20)18-33/h3-7,14,16,21,23H,1-2,8-13,15,17H2,(H,34,37)/t21?,23-,27-/m1/s1. The highest BCUT2D eigenvalue weighted by Crippen LogP contribution is 2.62. The van der Waals surface area contributed by atoms with Gasteiger partial charge in [0.2, 0.25) is 0 Å². The molecule has 3 aliphatic rings. The summed E-state index contributed by atoms with van der Waals surface area (Å²) in [6, 6.07) is 12.0.